The number of sulfonamides is 1. The predicted octanol–water partition coefficient (Wildman–Crippen LogP) is 3.05. The molecule has 1 amide bonds. The predicted molar refractivity (Wildman–Crippen MR) is 117 cm³/mol. The third kappa shape index (κ3) is 4.46. The highest BCUT2D eigenvalue weighted by Gasteiger charge is 2.35. The first kappa shape index (κ1) is 21.8. The zero-order valence-corrected chi connectivity index (χ0v) is 18.9. The van der Waals surface area contributed by atoms with E-state index in [4.69, 9.17) is 9.47 Å². The van der Waals surface area contributed by atoms with Gasteiger partial charge in [-0.05, 0) is 44.5 Å². The maximum absolute atomic E-state index is 13.1. The smallest absolute Gasteiger partial charge is 0.251 e. The highest BCUT2D eigenvalue weighted by molar-refractivity contribution is 7.89. The molecule has 0 saturated carbocycles. The number of amides is 1. The molecular weight excluding hydrogens is 416 g/mol. The van der Waals surface area contributed by atoms with Crippen LogP contribution in [0.1, 0.15) is 47.8 Å². The lowest BCUT2D eigenvalue weighted by molar-refractivity contribution is 0.0619. The molecule has 2 aliphatic rings. The van der Waals surface area contributed by atoms with Gasteiger partial charge in [-0.2, -0.15) is 4.31 Å². The molecule has 1 saturated heterocycles. The van der Waals surface area contributed by atoms with Crippen molar-refractivity contribution in [1.82, 2.24) is 9.62 Å². The minimum Gasteiger partial charge on any atom is -0.487 e. The van der Waals surface area contributed by atoms with E-state index in [2.05, 4.69) is 5.32 Å². The van der Waals surface area contributed by atoms with Crippen LogP contribution in [0.3, 0.4) is 0 Å². The Morgan fingerprint density at radius 1 is 1.13 bits per heavy atom. The number of para-hydroxylation sites is 1. The summed E-state index contributed by atoms with van der Waals surface area (Å²) in [6, 6.07) is 12.3. The minimum absolute atomic E-state index is 0.162. The van der Waals surface area contributed by atoms with Crippen molar-refractivity contribution in [2.24, 2.45) is 0 Å². The van der Waals surface area contributed by atoms with E-state index < -0.39 is 15.6 Å². The summed E-state index contributed by atoms with van der Waals surface area (Å²) in [6.07, 6.45) is 0.612. The fourth-order valence-corrected chi connectivity index (χ4v) is 5.78. The normalized spacial score (nSPS) is 21.1. The maximum atomic E-state index is 13.1. The number of morpholine rings is 1. The van der Waals surface area contributed by atoms with Crippen molar-refractivity contribution in [1.29, 1.82) is 0 Å². The van der Waals surface area contributed by atoms with Crippen molar-refractivity contribution in [2.45, 2.75) is 43.7 Å². The summed E-state index contributed by atoms with van der Waals surface area (Å²) in [4.78, 5) is 13.3. The quantitative estimate of drug-likeness (QED) is 0.784. The summed E-state index contributed by atoms with van der Waals surface area (Å²) in [5.41, 5.74) is 1.42. The molecule has 0 aliphatic carbocycles. The van der Waals surface area contributed by atoms with Crippen molar-refractivity contribution >= 4 is 15.9 Å². The molecule has 1 N–H and O–H groups in total. The molecule has 0 aromatic heterocycles. The zero-order valence-electron chi connectivity index (χ0n) is 18.1. The Hall–Kier alpha value is -2.42. The highest BCUT2D eigenvalue weighted by Crippen LogP contribution is 2.39. The van der Waals surface area contributed by atoms with Gasteiger partial charge in [-0.3, -0.25) is 4.79 Å². The van der Waals surface area contributed by atoms with E-state index in [9.17, 15) is 13.2 Å². The van der Waals surface area contributed by atoms with Gasteiger partial charge < -0.3 is 14.8 Å². The number of carbonyl (C=O) groups is 1. The fourth-order valence-electron chi connectivity index (χ4n) is 4.12. The van der Waals surface area contributed by atoms with Gasteiger partial charge in [-0.1, -0.05) is 24.3 Å². The van der Waals surface area contributed by atoms with Gasteiger partial charge in [0.05, 0.1) is 24.2 Å². The summed E-state index contributed by atoms with van der Waals surface area (Å²) in [5, 5.41) is 3.08. The summed E-state index contributed by atoms with van der Waals surface area (Å²) >= 11 is 0. The van der Waals surface area contributed by atoms with Gasteiger partial charge in [-0.15, -0.1) is 0 Å². The van der Waals surface area contributed by atoms with Gasteiger partial charge in [0.15, 0.2) is 0 Å². The van der Waals surface area contributed by atoms with Crippen LogP contribution in [0.5, 0.6) is 5.75 Å². The van der Waals surface area contributed by atoms with E-state index in [0.29, 0.717) is 43.9 Å². The second-order valence-electron chi connectivity index (χ2n) is 8.63. The van der Waals surface area contributed by atoms with Crippen LogP contribution in [0.25, 0.3) is 0 Å². The van der Waals surface area contributed by atoms with Crippen molar-refractivity contribution in [3.63, 3.8) is 0 Å². The maximum Gasteiger partial charge on any atom is 0.251 e. The number of fused-ring (bicyclic) bond motifs is 1. The molecule has 8 heteroatoms. The first-order valence-corrected chi connectivity index (χ1v) is 11.9. The Morgan fingerprint density at radius 2 is 1.84 bits per heavy atom. The monoisotopic (exact) mass is 444 g/mol. The first-order chi connectivity index (χ1) is 14.7. The molecule has 0 spiro atoms. The molecule has 7 nitrogen and oxygen atoms in total. The van der Waals surface area contributed by atoms with Crippen molar-refractivity contribution < 1.29 is 22.7 Å². The number of nitrogens with zero attached hydrogens (tertiary/aromatic N) is 1. The van der Waals surface area contributed by atoms with Crippen LogP contribution >= 0.6 is 0 Å². The molecule has 2 aromatic rings. The highest BCUT2D eigenvalue weighted by atomic mass is 32.2. The van der Waals surface area contributed by atoms with Gasteiger partial charge in [0, 0.05) is 30.6 Å². The number of benzene rings is 2. The molecule has 0 unspecified atom stereocenters. The molecule has 4 rings (SSSR count). The van der Waals surface area contributed by atoms with Crippen LogP contribution in [-0.4, -0.2) is 50.5 Å². The van der Waals surface area contributed by atoms with Gasteiger partial charge in [0.1, 0.15) is 11.4 Å². The molecular formula is C23H28N2O5S. The minimum atomic E-state index is -3.70. The van der Waals surface area contributed by atoms with E-state index in [0.717, 1.165) is 11.3 Å². The molecule has 2 aromatic carbocycles. The van der Waals surface area contributed by atoms with Gasteiger partial charge in [0.25, 0.3) is 5.91 Å². The van der Waals surface area contributed by atoms with Gasteiger partial charge >= 0.3 is 0 Å². The molecule has 166 valence electrons. The third-order valence-electron chi connectivity index (χ3n) is 5.72. The number of aryl methyl sites for hydroxylation is 1. The molecule has 0 radical (unpaired) electrons. The molecule has 0 bridgehead atoms. The van der Waals surface area contributed by atoms with Crippen LogP contribution < -0.4 is 10.1 Å². The third-order valence-corrected chi connectivity index (χ3v) is 7.76. The fraction of sp³-hybridized carbons (Fsp3) is 0.435. The van der Waals surface area contributed by atoms with Gasteiger partial charge in [0.2, 0.25) is 10.0 Å². The number of rotatable bonds is 4. The number of hydrogen-bond donors (Lipinski definition) is 1. The Morgan fingerprint density at radius 3 is 2.58 bits per heavy atom. The second kappa shape index (κ2) is 8.26. The lowest BCUT2D eigenvalue weighted by Gasteiger charge is -2.37. The molecule has 1 atom stereocenters. The number of nitrogens with one attached hydrogen (secondary N) is 1. The van der Waals surface area contributed by atoms with Crippen LogP contribution in [0.2, 0.25) is 0 Å². The Balaban J connectivity index is 1.61. The number of hydrogen-bond acceptors (Lipinski definition) is 5. The summed E-state index contributed by atoms with van der Waals surface area (Å²) in [6.45, 7) is 7.08. The van der Waals surface area contributed by atoms with E-state index in [1.807, 2.05) is 38.1 Å². The van der Waals surface area contributed by atoms with E-state index >= 15 is 0 Å². The van der Waals surface area contributed by atoms with Crippen LogP contribution in [0, 0.1) is 6.92 Å². The average Bonchev–Trinajstić information content (AvgIpc) is 2.73. The van der Waals surface area contributed by atoms with E-state index in [-0.39, 0.29) is 16.8 Å². The topological polar surface area (TPSA) is 84.9 Å². The Kier molecular flexibility index (Phi) is 5.81. The second-order valence-corrected chi connectivity index (χ2v) is 10.5. The van der Waals surface area contributed by atoms with Crippen LogP contribution in [0.4, 0.5) is 0 Å². The van der Waals surface area contributed by atoms with Crippen molar-refractivity contribution in [3.8, 4) is 5.75 Å². The van der Waals surface area contributed by atoms with Crippen LogP contribution in [-0.2, 0) is 14.8 Å². The lowest BCUT2D eigenvalue weighted by Crippen LogP contribution is -2.41. The Labute approximate surface area is 183 Å². The average molecular weight is 445 g/mol. The lowest BCUT2D eigenvalue weighted by atomic mass is 9.89. The van der Waals surface area contributed by atoms with E-state index in [1.165, 1.54) is 10.4 Å². The standard InChI is InChI=1S/C23H28N2O5S/c1-16-8-9-17(14-21(16)31(27,28)25-10-12-29-13-11-25)22(26)24-19-15-23(2,3)30-20-7-5-4-6-18(19)20/h4-9,14,19H,10-13,15H2,1-3H3,(H,24,26)/t19-/m1/s1. The van der Waals surface area contributed by atoms with Crippen LogP contribution in [0.15, 0.2) is 47.4 Å². The largest absolute Gasteiger partial charge is 0.487 e. The van der Waals surface area contributed by atoms with Gasteiger partial charge in [-0.25, -0.2) is 8.42 Å². The van der Waals surface area contributed by atoms with Crippen molar-refractivity contribution in [3.05, 3.63) is 59.2 Å². The summed E-state index contributed by atoms with van der Waals surface area (Å²) in [5.74, 6) is 0.444. The molecule has 31 heavy (non-hydrogen) atoms. The molecule has 2 aliphatic heterocycles. The first-order valence-electron chi connectivity index (χ1n) is 10.4. The molecule has 2 heterocycles. The van der Waals surface area contributed by atoms with E-state index in [1.54, 1.807) is 19.1 Å². The van der Waals surface area contributed by atoms with Crippen molar-refractivity contribution in [2.75, 3.05) is 26.3 Å². The zero-order chi connectivity index (χ0) is 22.2. The number of carbonyl (C=O) groups excluding carboxylic acids is 1. The Bertz CT molecular complexity index is 1090. The summed E-state index contributed by atoms with van der Waals surface area (Å²) in [7, 11) is -3.70. The number of ether oxygens (including phenoxy) is 2. The molecule has 1 fully saturated rings. The summed E-state index contributed by atoms with van der Waals surface area (Å²) < 4.78 is 39.0. The SMILES string of the molecule is Cc1ccc(C(=O)N[C@@H]2CC(C)(C)Oc3ccccc32)cc1S(=O)(=O)N1CCOCC1.